The predicted molar refractivity (Wildman–Crippen MR) is 181 cm³/mol. The maximum absolute atomic E-state index is 5.27. The molecular weight excluding hydrogens is 534 g/mol. The minimum Gasteiger partial charge on any atom is -0.379 e. The molecule has 0 spiro atoms. The van der Waals surface area contributed by atoms with E-state index in [0.717, 1.165) is 23.6 Å². The monoisotopic (exact) mass is 578 g/mol. The SMILES string of the molecule is c1ccc(P(c2ccccc2)c2ccccc2NCc2cccc(CP(C3CCCCC3)C3CCCCC3)n2)cc1. The maximum atomic E-state index is 5.27. The van der Waals surface area contributed by atoms with Crippen LogP contribution in [0.15, 0.2) is 103 Å². The summed E-state index contributed by atoms with van der Waals surface area (Å²) >= 11 is 0. The molecule has 2 aliphatic rings. The second-order valence-electron chi connectivity index (χ2n) is 11.8. The van der Waals surface area contributed by atoms with E-state index in [4.69, 9.17) is 4.98 Å². The van der Waals surface area contributed by atoms with E-state index < -0.39 is 7.92 Å². The van der Waals surface area contributed by atoms with E-state index in [2.05, 4.69) is 108 Å². The molecule has 2 fully saturated rings. The number of hydrogen-bond acceptors (Lipinski definition) is 2. The summed E-state index contributed by atoms with van der Waals surface area (Å²) in [6, 6.07) is 37.6. The van der Waals surface area contributed by atoms with Gasteiger partial charge >= 0.3 is 0 Å². The van der Waals surface area contributed by atoms with Gasteiger partial charge in [-0.3, -0.25) is 4.98 Å². The number of anilines is 1. The van der Waals surface area contributed by atoms with Gasteiger partial charge in [-0.15, -0.1) is 0 Å². The Morgan fingerprint density at radius 2 is 1.10 bits per heavy atom. The molecule has 0 bridgehead atoms. The first-order valence-electron chi connectivity index (χ1n) is 15.8. The van der Waals surface area contributed by atoms with E-state index >= 15 is 0 Å². The van der Waals surface area contributed by atoms with Crippen LogP contribution in [0.3, 0.4) is 0 Å². The minimum absolute atomic E-state index is 0.0156. The largest absolute Gasteiger partial charge is 0.379 e. The summed E-state index contributed by atoms with van der Waals surface area (Å²) in [5.74, 6) is 0. The van der Waals surface area contributed by atoms with Gasteiger partial charge in [-0.05, 0) is 73.7 Å². The molecule has 1 aromatic heterocycles. The number of para-hydroxylation sites is 1. The quantitative estimate of drug-likeness (QED) is 0.190. The Kier molecular flexibility index (Phi) is 10.2. The highest BCUT2D eigenvalue weighted by Crippen LogP contribution is 2.57. The van der Waals surface area contributed by atoms with Gasteiger partial charge in [0, 0.05) is 22.8 Å². The standard InChI is InChI=1S/C37H44N2P2/c1-5-18-32(19-6-1)40(33-20-7-2-8-21-33)29-31-17-15-16-30(39-31)28-38-36-26-13-14-27-37(36)41(34-22-9-3-10-23-34)35-24-11-4-12-25-35/h3-4,9-17,22-27,32-33,38H,1-2,5-8,18-21,28-29H2. The normalized spacial score (nSPS) is 16.7. The molecule has 212 valence electrons. The van der Waals surface area contributed by atoms with Crippen molar-refractivity contribution < 1.29 is 0 Å². The third-order valence-corrected chi connectivity index (χ3v) is 15.0. The summed E-state index contributed by atoms with van der Waals surface area (Å²) in [7, 11) is -0.645. The minimum atomic E-state index is -0.661. The fraction of sp³-hybridized carbons (Fsp3) is 0.378. The van der Waals surface area contributed by atoms with Crippen molar-refractivity contribution >= 4 is 37.4 Å². The Labute approximate surface area is 249 Å². The number of hydrogen-bond donors (Lipinski definition) is 1. The molecule has 2 aliphatic carbocycles. The van der Waals surface area contributed by atoms with Gasteiger partial charge in [-0.1, -0.05) is 131 Å². The lowest BCUT2D eigenvalue weighted by atomic mass is 9.99. The van der Waals surface area contributed by atoms with Crippen molar-refractivity contribution in [2.45, 2.75) is 88.2 Å². The molecule has 1 N–H and O–H groups in total. The molecule has 2 saturated carbocycles. The Bertz CT molecular complexity index is 1290. The van der Waals surface area contributed by atoms with E-state index in [1.165, 1.54) is 97.7 Å². The lowest BCUT2D eigenvalue weighted by Crippen LogP contribution is -2.23. The fourth-order valence-corrected chi connectivity index (χ4v) is 13.0. The van der Waals surface area contributed by atoms with E-state index in [-0.39, 0.29) is 7.92 Å². The van der Waals surface area contributed by atoms with E-state index in [0.29, 0.717) is 0 Å². The zero-order valence-electron chi connectivity index (χ0n) is 24.3. The molecule has 4 aromatic rings. The highest BCUT2D eigenvalue weighted by molar-refractivity contribution is 7.80. The molecule has 0 radical (unpaired) electrons. The Morgan fingerprint density at radius 3 is 1.71 bits per heavy atom. The first-order valence-corrected chi connectivity index (χ1v) is 18.8. The number of rotatable bonds is 10. The Balaban J connectivity index is 1.21. The van der Waals surface area contributed by atoms with Crippen LogP contribution in [0.1, 0.15) is 75.6 Å². The molecule has 1 heterocycles. The van der Waals surface area contributed by atoms with Gasteiger partial charge < -0.3 is 5.32 Å². The van der Waals surface area contributed by atoms with Crippen molar-refractivity contribution in [2.75, 3.05) is 5.32 Å². The van der Waals surface area contributed by atoms with Crippen molar-refractivity contribution in [3.63, 3.8) is 0 Å². The molecule has 6 rings (SSSR count). The van der Waals surface area contributed by atoms with Crippen LogP contribution < -0.4 is 21.2 Å². The summed E-state index contributed by atoms with van der Waals surface area (Å²) in [5.41, 5.74) is 5.63. The molecule has 0 amide bonds. The third-order valence-electron chi connectivity index (χ3n) is 8.93. The summed E-state index contributed by atoms with van der Waals surface area (Å²) in [4.78, 5) is 5.27. The molecule has 0 unspecified atom stereocenters. The van der Waals surface area contributed by atoms with Crippen LogP contribution in [0.2, 0.25) is 0 Å². The fourth-order valence-electron chi connectivity index (χ4n) is 6.87. The van der Waals surface area contributed by atoms with Gasteiger partial charge in [0.1, 0.15) is 0 Å². The maximum Gasteiger partial charge on any atom is 0.0598 e. The average molecular weight is 579 g/mol. The molecule has 0 saturated heterocycles. The predicted octanol–water partition coefficient (Wildman–Crippen LogP) is 9.10. The van der Waals surface area contributed by atoms with Crippen LogP contribution >= 0.6 is 15.8 Å². The molecule has 0 aliphatic heterocycles. The van der Waals surface area contributed by atoms with Crippen LogP contribution in [0.25, 0.3) is 0 Å². The highest BCUT2D eigenvalue weighted by Gasteiger charge is 2.31. The number of pyridine rings is 1. The number of benzene rings is 3. The van der Waals surface area contributed by atoms with Crippen molar-refractivity contribution in [1.29, 1.82) is 0 Å². The lowest BCUT2D eigenvalue weighted by molar-refractivity contribution is 0.483. The van der Waals surface area contributed by atoms with Crippen molar-refractivity contribution in [1.82, 2.24) is 4.98 Å². The molecule has 3 aromatic carbocycles. The lowest BCUT2D eigenvalue weighted by Gasteiger charge is -2.38. The Hall–Kier alpha value is -2.53. The zero-order valence-corrected chi connectivity index (χ0v) is 26.1. The number of nitrogens with one attached hydrogen (secondary N) is 1. The van der Waals surface area contributed by atoms with E-state index in [1.54, 1.807) is 0 Å². The first-order chi connectivity index (χ1) is 20.3. The van der Waals surface area contributed by atoms with Crippen LogP contribution in [-0.4, -0.2) is 16.3 Å². The van der Waals surface area contributed by atoms with E-state index in [1.807, 2.05) is 0 Å². The van der Waals surface area contributed by atoms with Crippen LogP contribution in [-0.2, 0) is 12.7 Å². The number of aromatic nitrogens is 1. The van der Waals surface area contributed by atoms with E-state index in [9.17, 15) is 0 Å². The van der Waals surface area contributed by atoms with Crippen molar-refractivity contribution in [3.05, 3.63) is 115 Å². The molecular formula is C37H44N2P2. The molecule has 41 heavy (non-hydrogen) atoms. The third kappa shape index (κ3) is 7.46. The van der Waals surface area contributed by atoms with Crippen LogP contribution in [0.5, 0.6) is 0 Å². The topological polar surface area (TPSA) is 24.9 Å². The highest BCUT2D eigenvalue weighted by atomic mass is 31.1. The van der Waals surface area contributed by atoms with Gasteiger partial charge in [0.25, 0.3) is 0 Å². The van der Waals surface area contributed by atoms with Gasteiger partial charge in [0.15, 0.2) is 0 Å². The van der Waals surface area contributed by atoms with Gasteiger partial charge in [0.05, 0.1) is 12.2 Å². The number of nitrogens with zero attached hydrogens (tertiary/aromatic N) is 1. The van der Waals surface area contributed by atoms with Crippen molar-refractivity contribution in [3.8, 4) is 0 Å². The smallest absolute Gasteiger partial charge is 0.0598 e. The second-order valence-corrected chi connectivity index (χ2v) is 16.7. The molecule has 2 nitrogen and oxygen atoms in total. The second kappa shape index (κ2) is 14.6. The van der Waals surface area contributed by atoms with Crippen molar-refractivity contribution in [2.24, 2.45) is 0 Å². The summed E-state index contributed by atoms with van der Waals surface area (Å²) < 4.78 is 0. The molecule has 0 atom stereocenters. The summed E-state index contributed by atoms with van der Waals surface area (Å²) in [5, 5.41) is 7.94. The zero-order chi connectivity index (χ0) is 27.7. The first kappa shape index (κ1) is 28.6. The molecule has 4 heteroatoms. The van der Waals surface area contributed by atoms with Gasteiger partial charge in [-0.25, -0.2) is 0 Å². The van der Waals surface area contributed by atoms with Gasteiger partial charge in [-0.2, -0.15) is 0 Å². The Morgan fingerprint density at radius 1 is 0.561 bits per heavy atom. The van der Waals surface area contributed by atoms with Crippen LogP contribution in [0, 0.1) is 0 Å². The average Bonchev–Trinajstić information content (AvgIpc) is 3.05. The van der Waals surface area contributed by atoms with Gasteiger partial charge in [0.2, 0.25) is 0 Å². The summed E-state index contributed by atoms with van der Waals surface area (Å²) in [6.45, 7) is 0.752. The van der Waals surface area contributed by atoms with Crippen LogP contribution in [0.4, 0.5) is 5.69 Å². The summed E-state index contributed by atoms with van der Waals surface area (Å²) in [6.07, 6.45) is 15.8.